The van der Waals surface area contributed by atoms with Gasteiger partial charge < -0.3 is 24.8 Å². The lowest BCUT2D eigenvalue weighted by Crippen LogP contribution is -2.21. The van der Waals surface area contributed by atoms with E-state index < -0.39 is 0 Å². The molecule has 0 aliphatic carbocycles. The van der Waals surface area contributed by atoms with Crippen LogP contribution in [0.25, 0.3) is 0 Å². The van der Waals surface area contributed by atoms with E-state index in [-0.39, 0.29) is 18.4 Å². The summed E-state index contributed by atoms with van der Waals surface area (Å²) in [6, 6.07) is 21.1. The Morgan fingerprint density at radius 1 is 0.688 bits per heavy atom. The van der Waals surface area contributed by atoms with E-state index in [9.17, 15) is 9.59 Å². The number of amides is 2. The van der Waals surface area contributed by atoms with Gasteiger partial charge in [0.1, 0.15) is 5.75 Å². The minimum Gasteiger partial charge on any atom is -0.490 e. The van der Waals surface area contributed by atoms with E-state index in [4.69, 9.17) is 14.2 Å². The Kier molecular flexibility index (Phi) is 8.09. The van der Waals surface area contributed by atoms with Crippen LogP contribution in [0, 0.1) is 0 Å². The summed E-state index contributed by atoms with van der Waals surface area (Å²) < 4.78 is 16.8. The number of carbonyl (C=O) groups excluding carboxylic acids is 2. The standard InChI is InChI=1S/C25H26N2O5/c1-3-30-22-15-14-19(16-23(22)31-4-2)26-24(28)17-32-21-13-9-8-12-20(21)25(29)27-18-10-6-5-7-11-18/h5-16H,3-4,17H2,1-2H3,(H,26,28)(H,27,29). The van der Waals surface area contributed by atoms with Crippen LogP contribution in [0.5, 0.6) is 17.2 Å². The Hall–Kier alpha value is -4.00. The fraction of sp³-hybridized carbons (Fsp3) is 0.200. The average molecular weight is 434 g/mol. The zero-order chi connectivity index (χ0) is 22.8. The summed E-state index contributed by atoms with van der Waals surface area (Å²) in [5.41, 5.74) is 1.56. The first kappa shape index (κ1) is 22.7. The van der Waals surface area contributed by atoms with Crippen molar-refractivity contribution in [2.45, 2.75) is 13.8 Å². The molecule has 0 aliphatic rings. The van der Waals surface area contributed by atoms with Gasteiger partial charge in [-0.25, -0.2) is 0 Å². The van der Waals surface area contributed by atoms with Crippen molar-refractivity contribution in [1.82, 2.24) is 0 Å². The van der Waals surface area contributed by atoms with E-state index in [1.165, 1.54) is 0 Å². The molecule has 0 atom stereocenters. The van der Waals surface area contributed by atoms with Crippen molar-refractivity contribution < 1.29 is 23.8 Å². The number of anilines is 2. The Labute approximate surface area is 187 Å². The molecule has 0 aliphatic heterocycles. The van der Waals surface area contributed by atoms with Crippen LogP contribution < -0.4 is 24.8 Å². The largest absolute Gasteiger partial charge is 0.490 e. The normalized spacial score (nSPS) is 10.2. The van der Waals surface area contributed by atoms with Gasteiger partial charge in [-0.3, -0.25) is 9.59 Å². The van der Waals surface area contributed by atoms with Gasteiger partial charge in [-0.2, -0.15) is 0 Å². The number of rotatable bonds is 10. The molecule has 0 saturated carbocycles. The zero-order valence-electron chi connectivity index (χ0n) is 18.1. The predicted molar refractivity (Wildman–Crippen MR) is 124 cm³/mol. The number of para-hydroxylation sites is 2. The van der Waals surface area contributed by atoms with Crippen molar-refractivity contribution in [3.05, 3.63) is 78.4 Å². The molecular weight excluding hydrogens is 408 g/mol. The van der Waals surface area contributed by atoms with E-state index in [0.29, 0.717) is 47.4 Å². The summed E-state index contributed by atoms with van der Waals surface area (Å²) in [5, 5.41) is 5.58. The van der Waals surface area contributed by atoms with Gasteiger partial charge in [-0.1, -0.05) is 30.3 Å². The highest BCUT2D eigenvalue weighted by Crippen LogP contribution is 2.30. The summed E-state index contributed by atoms with van der Waals surface area (Å²) in [5.74, 6) is 0.797. The van der Waals surface area contributed by atoms with Crippen LogP contribution in [0.2, 0.25) is 0 Å². The molecule has 0 saturated heterocycles. The molecule has 0 radical (unpaired) electrons. The van der Waals surface area contributed by atoms with Gasteiger partial charge in [-0.05, 0) is 50.2 Å². The van der Waals surface area contributed by atoms with Crippen LogP contribution in [0.3, 0.4) is 0 Å². The van der Waals surface area contributed by atoms with Crippen LogP contribution in [0.4, 0.5) is 11.4 Å². The van der Waals surface area contributed by atoms with Crippen LogP contribution in [-0.2, 0) is 4.79 Å². The summed E-state index contributed by atoms with van der Waals surface area (Å²) in [6.07, 6.45) is 0. The molecule has 3 aromatic carbocycles. The maximum atomic E-state index is 12.6. The summed E-state index contributed by atoms with van der Waals surface area (Å²) >= 11 is 0. The molecule has 0 spiro atoms. The van der Waals surface area contributed by atoms with Crippen LogP contribution in [-0.4, -0.2) is 31.6 Å². The molecule has 7 nitrogen and oxygen atoms in total. The van der Waals surface area contributed by atoms with Crippen molar-refractivity contribution in [3.8, 4) is 17.2 Å². The highest BCUT2D eigenvalue weighted by atomic mass is 16.5. The maximum Gasteiger partial charge on any atom is 0.262 e. The molecule has 2 amide bonds. The topological polar surface area (TPSA) is 85.9 Å². The smallest absolute Gasteiger partial charge is 0.262 e. The SMILES string of the molecule is CCOc1ccc(NC(=O)COc2ccccc2C(=O)Nc2ccccc2)cc1OCC. The van der Waals surface area contributed by atoms with E-state index in [2.05, 4.69) is 10.6 Å². The highest BCUT2D eigenvalue weighted by molar-refractivity contribution is 6.06. The quantitative estimate of drug-likeness (QED) is 0.481. The third-order valence-electron chi connectivity index (χ3n) is 4.35. The molecule has 7 heteroatoms. The Morgan fingerprint density at radius 2 is 1.38 bits per heavy atom. The summed E-state index contributed by atoms with van der Waals surface area (Å²) in [7, 11) is 0. The van der Waals surface area contributed by atoms with E-state index in [1.807, 2.05) is 32.0 Å². The molecule has 32 heavy (non-hydrogen) atoms. The number of hydrogen-bond donors (Lipinski definition) is 2. The molecule has 3 rings (SSSR count). The van der Waals surface area contributed by atoms with Gasteiger partial charge in [0.2, 0.25) is 0 Å². The third kappa shape index (κ3) is 6.25. The second kappa shape index (κ2) is 11.4. The predicted octanol–water partition coefficient (Wildman–Crippen LogP) is 4.75. The summed E-state index contributed by atoms with van der Waals surface area (Å²) in [6.45, 7) is 4.49. The molecule has 0 fully saturated rings. The first-order valence-corrected chi connectivity index (χ1v) is 10.4. The van der Waals surface area contributed by atoms with Crippen molar-refractivity contribution in [1.29, 1.82) is 0 Å². The first-order chi connectivity index (χ1) is 15.6. The molecular formula is C25H26N2O5. The Balaban J connectivity index is 1.63. The van der Waals surface area contributed by atoms with Crippen molar-refractivity contribution >= 4 is 23.2 Å². The second-order valence-corrected chi connectivity index (χ2v) is 6.68. The molecule has 3 aromatic rings. The lowest BCUT2D eigenvalue weighted by Gasteiger charge is -2.14. The van der Waals surface area contributed by atoms with E-state index >= 15 is 0 Å². The van der Waals surface area contributed by atoms with Gasteiger partial charge in [0, 0.05) is 17.4 Å². The average Bonchev–Trinajstić information content (AvgIpc) is 2.80. The summed E-state index contributed by atoms with van der Waals surface area (Å²) in [4.78, 5) is 25.1. The lowest BCUT2D eigenvalue weighted by molar-refractivity contribution is -0.118. The van der Waals surface area contributed by atoms with E-state index in [1.54, 1.807) is 54.6 Å². The van der Waals surface area contributed by atoms with Gasteiger partial charge in [-0.15, -0.1) is 0 Å². The number of ether oxygens (including phenoxy) is 3. The minimum absolute atomic E-state index is 0.257. The van der Waals surface area contributed by atoms with Gasteiger partial charge in [0.15, 0.2) is 18.1 Å². The maximum absolute atomic E-state index is 12.6. The van der Waals surface area contributed by atoms with Crippen molar-refractivity contribution in [3.63, 3.8) is 0 Å². The number of hydrogen-bond acceptors (Lipinski definition) is 5. The fourth-order valence-corrected chi connectivity index (χ4v) is 2.97. The van der Waals surface area contributed by atoms with Crippen LogP contribution >= 0.6 is 0 Å². The number of benzene rings is 3. The van der Waals surface area contributed by atoms with Gasteiger partial charge in [0.25, 0.3) is 11.8 Å². The Morgan fingerprint density at radius 3 is 2.12 bits per heavy atom. The fourth-order valence-electron chi connectivity index (χ4n) is 2.97. The van der Waals surface area contributed by atoms with Gasteiger partial charge >= 0.3 is 0 Å². The van der Waals surface area contributed by atoms with E-state index in [0.717, 1.165) is 0 Å². The van der Waals surface area contributed by atoms with Gasteiger partial charge in [0.05, 0.1) is 18.8 Å². The zero-order valence-corrected chi connectivity index (χ0v) is 18.1. The van der Waals surface area contributed by atoms with Crippen LogP contribution in [0.15, 0.2) is 72.8 Å². The second-order valence-electron chi connectivity index (χ2n) is 6.68. The highest BCUT2D eigenvalue weighted by Gasteiger charge is 2.14. The molecule has 0 heterocycles. The molecule has 2 N–H and O–H groups in total. The number of carbonyl (C=O) groups is 2. The monoisotopic (exact) mass is 434 g/mol. The van der Waals surface area contributed by atoms with Crippen molar-refractivity contribution in [2.24, 2.45) is 0 Å². The Bertz CT molecular complexity index is 1050. The molecule has 0 unspecified atom stereocenters. The van der Waals surface area contributed by atoms with Crippen molar-refractivity contribution in [2.75, 3.05) is 30.5 Å². The van der Waals surface area contributed by atoms with Crippen LogP contribution in [0.1, 0.15) is 24.2 Å². The molecule has 0 aromatic heterocycles. The molecule has 0 bridgehead atoms. The first-order valence-electron chi connectivity index (χ1n) is 10.4. The minimum atomic E-state index is -0.366. The lowest BCUT2D eigenvalue weighted by atomic mass is 10.2. The third-order valence-corrected chi connectivity index (χ3v) is 4.35. The number of nitrogens with one attached hydrogen (secondary N) is 2. The molecule has 166 valence electrons.